The zero-order valence-corrected chi connectivity index (χ0v) is 18.0. The minimum absolute atomic E-state index is 0.0227. The standard InChI is InChI=1S/C25H28N2O4/c1-3-29-23(28)25(13-14-26)20-11-7-8-12-21(20)27(18-19-9-5-4-6-10-19)22(25)17-24(2)30-15-16-31-24/h4-12,22H,3,13,15-18H2,1-2H3/t22-,25+/m1/s1. The number of carbonyl (C=O) groups is 1. The largest absolute Gasteiger partial charge is 0.465 e. The molecule has 0 unspecified atom stereocenters. The van der Waals surface area contributed by atoms with Crippen LogP contribution >= 0.6 is 0 Å². The van der Waals surface area contributed by atoms with Crippen molar-refractivity contribution in [3.63, 3.8) is 0 Å². The molecule has 162 valence electrons. The first-order chi connectivity index (χ1) is 15.0. The second-order valence-corrected chi connectivity index (χ2v) is 8.21. The van der Waals surface area contributed by atoms with Gasteiger partial charge < -0.3 is 19.1 Å². The number of anilines is 1. The number of hydrogen-bond donors (Lipinski definition) is 0. The van der Waals surface area contributed by atoms with Gasteiger partial charge in [-0.05, 0) is 31.0 Å². The van der Waals surface area contributed by atoms with Gasteiger partial charge in [-0.2, -0.15) is 5.26 Å². The molecule has 6 nitrogen and oxygen atoms in total. The molecular formula is C25H28N2O4. The number of hydrogen-bond acceptors (Lipinski definition) is 6. The summed E-state index contributed by atoms with van der Waals surface area (Å²) in [5.41, 5.74) is 1.78. The molecule has 0 aromatic heterocycles. The monoisotopic (exact) mass is 420 g/mol. The zero-order valence-electron chi connectivity index (χ0n) is 18.0. The summed E-state index contributed by atoms with van der Waals surface area (Å²) in [5, 5.41) is 9.81. The molecular weight excluding hydrogens is 392 g/mol. The van der Waals surface area contributed by atoms with Crippen molar-refractivity contribution < 1.29 is 19.0 Å². The predicted molar refractivity (Wildman–Crippen MR) is 116 cm³/mol. The van der Waals surface area contributed by atoms with Crippen molar-refractivity contribution >= 4 is 11.7 Å². The molecule has 0 saturated carbocycles. The Morgan fingerprint density at radius 1 is 1.16 bits per heavy atom. The van der Waals surface area contributed by atoms with E-state index >= 15 is 0 Å². The first-order valence-corrected chi connectivity index (χ1v) is 10.8. The maximum absolute atomic E-state index is 13.5. The Kier molecular flexibility index (Phi) is 5.99. The number of rotatable bonds is 7. The van der Waals surface area contributed by atoms with E-state index in [0.29, 0.717) is 26.2 Å². The molecule has 1 saturated heterocycles. The van der Waals surface area contributed by atoms with Gasteiger partial charge in [0.15, 0.2) is 5.79 Å². The highest BCUT2D eigenvalue weighted by Gasteiger charge is 2.59. The molecule has 31 heavy (non-hydrogen) atoms. The average molecular weight is 421 g/mol. The molecule has 2 aliphatic rings. The molecule has 0 aliphatic carbocycles. The third-order valence-corrected chi connectivity index (χ3v) is 6.29. The van der Waals surface area contributed by atoms with Crippen LogP contribution in [0.4, 0.5) is 5.69 Å². The van der Waals surface area contributed by atoms with Gasteiger partial charge in [0.2, 0.25) is 0 Å². The molecule has 6 heteroatoms. The van der Waals surface area contributed by atoms with Crippen LogP contribution in [0, 0.1) is 11.3 Å². The fraction of sp³-hybridized carbons (Fsp3) is 0.440. The summed E-state index contributed by atoms with van der Waals surface area (Å²) in [4.78, 5) is 15.7. The van der Waals surface area contributed by atoms with E-state index < -0.39 is 11.2 Å². The van der Waals surface area contributed by atoms with Crippen molar-refractivity contribution in [2.75, 3.05) is 24.7 Å². The van der Waals surface area contributed by atoms with Crippen LogP contribution in [0.5, 0.6) is 0 Å². The van der Waals surface area contributed by atoms with Gasteiger partial charge in [0, 0.05) is 18.7 Å². The quantitative estimate of drug-likeness (QED) is 0.632. The van der Waals surface area contributed by atoms with Crippen molar-refractivity contribution in [1.29, 1.82) is 5.26 Å². The number of nitrogens with zero attached hydrogens (tertiary/aromatic N) is 2. The van der Waals surface area contributed by atoms with Crippen LogP contribution in [-0.4, -0.2) is 37.6 Å². The Bertz CT molecular complexity index is 965. The highest BCUT2D eigenvalue weighted by atomic mass is 16.7. The van der Waals surface area contributed by atoms with Gasteiger partial charge in [-0.1, -0.05) is 48.5 Å². The number of carbonyl (C=O) groups excluding carboxylic acids is 1. The molecule has 2 atom stereocenters. The van der Waals surface area contributed by atoms with E-state index in [4.69, 9.17) is 14.2 Å². The van der Waals surface area contributed by atoms with Gasteiger partial charge in [0.05, 0.1) is 38.4 Å². The van der Waals surface area contributed by atoms with Gasteiger partial charge in [0.1, 0.15) is 5.41 Å². The number of esters is 1. The van der Waals surface area contributed by atoms with Gasteiger partial charge >= 0.3 is 5.97 Å². The van der Waals surface area contributed by atoms with Gasteiger partial charge in [-0.15, -0.1) is 0 Å². The molecule has 2 aliphatic heterocycles. The molecule has 2 aromatic rings. The second kappa shape index (κ2) is 8.70. The van der Waals surface area contributed by atoms with Gasteiger partial charge in [-0.25, -0.2) is 0 Å². The number of fused-ring (bicyclic) bond motifs is 1. The second-order valence-electron chi connectivity index (χ2n) is 8.21. The smallest absolute Gasteiger partial charge is 0.319 e. The lowest BCUT2D eigenvalue weighted by atomic mass is 9.72. The normalized spacial score (nSPS) is 23.9. The summed E-state index contributed by atoms with van der Waals surface area (Å²) < 4.78 is 17.4. The molecule has 2 heterocycles. The maximum atomic E-state index is 13.5. The minimum Gasteiger partial charge on any atom is -0.465 e. The third kappa shape index (κ3) is 3.80. The lowest BCUT2D eigenvalue weighted by molar-refractivity contribution is -0.162. The molecule has 0 amide bonds. The maximum Gasteiger partial charge on any atom is 0.319 e. The summed E-state index contributed by atoms with van der Waals surface area (Å²) in [7, 11) is 0. The topological polar surface area (TPSA) is 71.8 Å². The molecule has 0 bridgehead atoms. The Morgan fingerprint density at radius 2 is 1.84 bits per heavy atom. The first kappa shape index (κ1) is 21.4. The van der Waals surface area contributed by atoms with Crippen LogP contribution in [-0.2, 0) is 31.0 Å². The van der Waals surface area contributed by atoms with Crippen molar-refractivity contribution in [1.82, 2.24) is 0 Å². The zero-order chi connectivity index (χ0) is 21.9. The van der Waals surface area contributed by atoms with Crippen LogP contribution in [0.1, 0.15) is 37.8 Å². The van der Waals surface area contributed by atoms with E-state index in [1.807, 2.05) is 49.4 Å². The van der Waals surface area contributed by atoms with Crippen LogP contribution in [0.3, 0.4) is 0 Å². The number of benzene rings is 2. The van der Waals surface area contributed by atoms with Crippen molar-refractivity contribution in [2.24, 2.45) is 0 Å². The highest BCUT2D eigenvalue weighted by molar-refractivity contribution is 5.91. The van der Waals surface area contributed by atoms with E-state index in [2.05, 4.69) is 23.1 Å². The SMILES string of the molecule is CCOC(=O)[C@@]1(CC#N)c2ccccc2N(Cc2ccccc2)[C@@H]1CC1(C)OCCO1. The summed E-state index contributed by atoms with van der Waals surface area (Å²) in [6, 6.07) is 19.9. The van der Waals surface area contributed by atoms with E-state index in [9.17, 15) is 10.1 Å². The van der Waals surface area contributed by atoms with Gasteiger partial charge in [0.25, 0.3) is 0 Å². The average Bonchev–Trinajstić information content (AvgIpc) is 3.31. The summed E-state index contributed by atoms with van der Waals surface area (Å²) in [5.74, 6) is -1.19. The Hall–Kier alpha value is -2.88. The van der Waals surface area contributed by atoms with Crippen LogP contribution in [0.25, 0.3) is 0 Å². The summed E-state index contributed by atoms with van der Waals surface area (Å²) in [6.45, 7) is 5.58. The Balaban J connectivity index is 1.86. The minimum atomic E-state index is -1.12. The highest BCUT2D eigenvalue weighted by Crippen LogP contribution is 2.51. The molecule has 0 N–H and O–H groups in total. The molecule has 4 rings (SSSR count). The summed E-state index contributed by atoms with van der Waals surface area (Å²) in [6.07, 6.45) is 0.462. The summed E-state index contributed by atoms with van der Waals surface area (Å²) >= 11 is 0. The molecule has 2 aromatic carbocycles. The predicted octanol–water partition coefficient (Wildman–Crippen LogP) is 3.94. The first-order valence-electron chi connectivity index (χ1n) is 10.8. The lowest BCUT2D eigenvalue weighted by Gasteiger charge is -2.40. The van der Waals surface area contributed by atoms with E-state index in [0.717, 1.165) is 16.8 Å². The van der Waals surface area contributed by atoms with E-state index in [-0.39, 0.29) is 25.0 Å². The number of ether oxygens (including phenoxy) is 3. The molecule has 1 fully saturated rings. The number of nitriles is 1. The Labute approximate surface area is 183 Å². The van der Waals surface area contributed by atoms with Crippen LogP contribution < -0.4 is 4.90 Å². The molecule has 0 spiro atoms. The van der Waals surface area contributed by atoms with E-state index in [1.165, 1.54) is 0 Å². The number of para-hydroxylation sites is 1. The lowest BCUT2D eigenvalue weighted by Crippen LogP contribution is -2.53. The van der Waals surface area contributed by atoms with E-state index in [1.54, 1.807) is 6.92 Å². The van der Waals surface area contributed by atoms with Crippen molar-refractivity contribution in [2.45, 2.75) is 50.5 Å². The fourth-order valence-electron chi connectivity index (χ4n) is 4.92. The van der Waals surface area contributed by atoms with Gasteiger partial charge in [-0.3, -0.25) is 4.79 Å². The fourth-order valence-corrected chi connectivity index (χ4v) is 4.92. The third-order valence-electron chi connectivity index (χ3n) is 6.29. The van der Waals surface area contributed by atoms with Crippen molar-refractivity contribution in [3.8, 4) is 6.07 Å². The van der Waals surface area contributed by atoms with Crippen LogP contribution in [0.2, 0.25) is 0 Å². The van der Waals surface area contributed by atoms with Crippen molar-refractivity contribution in [3.05, 3.63) is 65.7 Å². The Morgan fingerprint density at radius 3 is 2.52 bits per heavy atom. The van der Waals surface area contributed by atoms with Crippen LogP contribution in [0.15, 0.2) is 54.6 Å². The molecule has 0 radical (unpaired) electrons.